The molecular weight excluding hydrogens is 376 g/mol. The average Bonchev–Trinajstić information content (AvgIpc) is 2.51. The molecule has 3 rings (SSSR count). The lowest BCUT2D eigenvalue weighted by atomic mass is 10.1. The molecule has 8 heteroatoms. The van der Waals surface area contributed by atoms with Crippen LogP contribution in [0.25, 0.3) is 11.0 Å². The maximum atomic E-state index is 13.4. The number of hydrogen-bond acceptors (Lipinski definition) is 3. The van der Waals surface area contributed by atoms with Gasteiger partial charge in [-0.05, 0) is 37.1 Å². The molecule has 0 bridgehead atoms. The lowest BCUT2D eigenvalue weighted by Crippen LogP contribution is -2.12. The molecule has 0 atom stereocenters. The summed E-state index contributed by atoms with van der Waals surface area (Å²) < 4.78 is 45.8. The van der Waals surface area contributed by atoms with Gasteiger partial charge < -0.3 is 4.74 Å². The van der Waals surface area contributed by atoms with Crippen molar-refractivity contribution in [3.8, 4) is 11.6 Å². The molecule has 0 aliphatic rings. The molecule has 0 amide bonds. The van der Waals surface area contributed by atoms with Crippen molar-refractivity contribution in [1.29, 1.82) is 0 Å². The summed E-state index contributed by atoms with van der Waals surface area (Å²) in [7, 11) is 0. The number of rotatable bonds is 2. The van der Waals surface area contributed by atoms with Crippen LogP contribution >= 0.6 is 23.2 Å². The van der Waals surface area contributed by atoms with Crippen molar-refractivity contribution in [3.05, 3.63) is 57.2 Å². The van der Waals surface area contributed by atoms with Gasteiger partial charge in [-0.2, -0.15) is 13.2 Å². The highest BCUT2D eigenvalue weighted by Crippen LogP contribution is 2.39. The zero-order valence-electron chi connectivity index (χ0n) is 13.1. The van der Waals surface area contributed by atoms with Gasteiger partial charge >= 0.3 is 6.18 Å². The second kappa shape index (κ2) is 6.35. The van der Waals surface area contributed by atoms with Crippen LogP contribution < -0.4 is 4.74 Å². The molecule has 0 saturated heterocycles. The monoisotopic (exact) mass is 386 g/mol. The molecule has 2 aromatic carbocycles. The highest BCUT2D eigenvalue weighted by Gasteiger charge is 2.38. The van der Waals surface area contributed by atoms with Gasteiger partial charge in [-0.25, -0.2) is 9.97 Å². The molecule has 3 aromatic rings. The zero-order valence-corrected chi connectivity index (χ0v) is 14.6. The molecule has 0 saturated carbocycles. The Bertz CT molecular complexity index is 954. The topological polar surface area (TPSA) is 35.0 Å². The van der Waals surface area contributed by atoms with E-state index >= 15 is 0 Å². The lowest BCUT2D eigenvalue weighted by molar-refractivity contribution is -0.142. The normalized spacial score (nSPS) is 11.8. The first kappa shape index (κ1) is 17.8. The van der Waals surface area contributed by atoms with Gasteiger partial charge in [-0.1, -0.05) is 41.4 Å². The Morgan fingerprint density at radius 2 is 1.44 bits per heavy atom. The third-order valence-corrected chi connectivity index (χ3v) is 4.27. The Morgan fingerprint density at radius 3 is 1.96 bits per heavy atom. The maximum absolute atomic E-state index is 13.4. The number of nitrogens with zero attached hydrogens (tertiary/aromatic N) is 2. The second-order valence-electron chi connectivity index (χ2n) is 5.45. The fourth-order valence-electron chi connectivity index (χ4n) is 2.35. The van der Waals surface area contributed by atoms with E-state index in [1.54, 1.807) is 32.0 Å². The first-order chi connectivity index (χ1) is 11.7. The van der Waals surface area contributed by atoms with Crippen molar-refractivity contribution < 1.29 is 17.9 Å². The third-order valence-electron chi connectivity index (χ3n) is 3.55. The minimum absolute atomic E-state index is 0.0180. The van der Waals surface area contributed by atoms with Crippen molar-refractivity contribution in [3.63, 3.8) is 0 Å². The molecule has 130 valence electrons. The first-order valence-corrected chi connectivity index (χ1v) is 7.90. The van der Waals surface area contributed by atoms with Crippen LogP contribution in [-0.2, 0) is 6.18 Å². The van der Waals surface area contributed by atoms with Gasteiger partial charge in [0.15, 0.2) is 0 Å². The number of fused-ring (bicyclic) bond motifs is 1. The van der Waals surface area contributed by atoms with E-state index in [0.717, 1.165) is 0 Å². The number of benzene rings is 2. The molecule has 1 heterocycles. The second-order valence-corrected chi connectivity index (χ2v) is 6.27. The van der Waals surface area contributed by atoms with Crippen molar-refractivity contribution >= 4 is 34.2 Å². The number of halogens is 5. The van der Waals surface area contributed by atoms with Gasteiger partial charge in [0.1, 0.15) is 5.75 Å². The minimum atomic E-state index is -4.74. The smallest absolute Gasteiger partial charge is 0.436 e. The highest BCUT2D eigenvalue weighted by atomic mass is 35.5. The number of aryl methyl sites for hydroxylation is 2. The zero-order chi connectivity index (χ0) is 18.4. The molecule has 0 aliphatic carbocycles. The van der Waals surface area contributed by atoms with Gasteiger partial charge in [-0.3, -0.25) is 0 Å². The Morgan fingerprint density at radius 1 is 0.920 bits per heavy atom. The molecular formula is C17H11Cl2F3N2O. The highest BCUT2D eigenvalue weighted by molar-refractivity contribution is 6.42. The average molecular weight is 387 g/mol. The van der Waals surface area contributed by atoms with E-state index in [0.29, 0.717) is 16.9 Å². The molecule has 3 nitrogen and oxygen atoms in total. The summed E-state index contributed by atoms with van der Waals surface area (Å²) >= 11 is 11.8. The van der Waals surface area contributed by atoms with Crippen LogP contribution in [-0.4, -0.2) is 9.97 Å². The molecule has 0 fully saturated rings. The van der Waals surface area contributed by atoms with Crippen LogP contribution in [0.4, 0.5) is 13.2 Å². The van der Waals surface area contributed by atoms with Crippen molar-refractivity contribution in [2.24, 2.45) is 0 Å². The SMILES string of the molecule is Cc1cccc(C)c1Oc1nc2cc(Cl)c(Cl)cc2nc1C(F)(F)F. The maximum Gasteiger partial charge on any atom is 0.438 e. The summed E-state index contributed by atoms with van der Waals surface area (Å²) in [6.07, 6.45) is -4.74. The van der Waals surface area contributed by atoms with E-state index in [1.165, 1.54) is 12.1 Å². The number of para-hydroxylation sites is 1. The van der Waals surface area contributed by atoms with Gasteiger partial charge in [0.2, 0.25) is 5.69 Å². The van der Waals surface area contributed by atoms with Crippen molar-refractivity contribution in [2.75, 3.05) is 0 Å². The predicted octanol–water partition coefficient (Wildman–Crippen LogP) is 6.36. The predicted molar refractivity (Wildman–Crippen MR) is 90.6 cm³/mol. The van der Waals surface area contributed by atoms with Crippen LogP contribution in [0.3, 0.4) is 0 Å². The fourth-order valence-corrected chi connectivity index (χ4v) is 2.66. The van der Waals surface area contributed by atoms with E-state index in [9.17, 15) is 13.2 Å². The van der Waals surface area contributed by atoms with E-state index in [2.05, 4.69) is 9.97 Å². The summed E-state index contributed by atoms with van der Waals surface area (Å²) in [5.74, 6) is -0.322. The molecule has 0 radical (unpaired) electrons. The Balaban J connectivity index is 2.23. The quantitative estimate of drug-likeness (QED) is 0.513. The third kappa shape index (κ3) is 3.50. The Kier molecular flexibility index (Phi) is 4.51. The largest absolute Gasteiger partial charge is 0.438 e. The number of aromatic nitrogens is 2. The molecule has 0 unspecified atom stereocenters. The van der Waals surface area contributed by atoms with Crippen molar-refractivity contribution in [2.45, 2.75) is 20.0 Å². The lowest BCUT2D eigenvalue weighted by Gasteiger charge is -2.15. The van der Waals surface area contributed by atoms with E-state index in [1.807, 2.05) is 0 Å². The number of hydrogen-bond donors (Lipinski definition) is 0. The Hall–Kier alpha value is -2.05. The van der Waals surface area contributed by atoms with Gasteiger partial charge in [-0.15, -0.1) is 0 Å². The molecule has 0 spiro atoms. The van der Waals surface area contributed by atoms with Gasteiger partial charge in [0, 0.05) is 0 Å². The molecule has 1 aromatic heterocycles. The number of alkyl halides is 3. The fraction of sp³-hybridized carbons (Fsp3) is 0.176. The summed E-state index contributed by atoms with van der Waals surface area (Å²) in [5, 5.41) is 0.265. The summed E-state index contributed by atoms with van der Waals surface area (Å²) in [6.45, 7) is 3.47. The van der Waals surface area contributed by atoms with E-state index < -0.39 is 17.8 Å². The van der Waals surface area contributed by atoms with Gasteiger partial charge in [0.25, 0.3) is 5.88 Å². The minimum Gasteiger partial charge on any atom is -0.436 e. The number of ether oxygens (including phenoxy) is 1. The molecule has 0 N–H and O–H groups in total. The van der Waals surface area contributed by atoms with Gasteiger partial charge in [0.05, 0.1) is 21.1 Å². The Labute approximate surface area is 151 Å². The van der Waals surface area contributed by atoms with E-state index in [4.69, 9.17) is 27.9 Å². The van der Waals surface area contributed by atoms with Crippen LogP contribution in [0.1, 0.15) is 16.8 Å². The van der Waals surface area contributed by atoms with Crippen LogP contribution in [0.15, 0.2) is 30.3 Å². The van der Waals surface area contributed by atoms with Crippen LogP contribution in [0.2, 0.25) is 10.0 Å². The summed E-state index contributed by atoms with van der Waals surface area (Å²) in [5.41, 5.74) is 0.286. The van der Waals surface area contributed by atoms with Crippen molar-refractivity contribution in [1.82, 2.24) is 9.97 Å². The molecule has 25 heavy (non-hydrogen) atoms. The summed E-state index contributed by atoms with van der Waals surface area (Å²) in [4.78, 5) is 7.62. The standard InChI is InChI=1S/C17H11Cl2F3N2O/c1-8-4-3-5-9(2)14(8)25-16-15(17(20,21)22)23-12-6-10(18)11(19)7-13(12)24-16/h3-7H,1-2H3. The van der Waals surface area contributed by atoms with Crippen LogP contribution in [0, 0.1) is 13.8 Å². The first-order valence-electron chi connectivity index (χ1n) is 7.15. The molecule has 0 aliphatic heterocycles. The van der Waals surface area contributed by atoms with E-state index in [-0.39, 0.29) is 21.1 Å². The summed E-state index contributed by atoms with van der Waals surface area (Å²) in [6, 6.07) is 7.85. The van der Waals surface area contributed by atoms with Crippen LogP contribution in [0.5, 0.6) is 11.6 Å².